The van der Waals surface area contributed by atoms with Gasteiger partial charge < -0.3 is 42.6 Å². The predicted molar refractivity (Wildman–Crippen MR) is 298 cm³/mol. The Morgan fingerprint density at radius 2 is 0.514 bits per heavy atom. The lowest BCUT2D eigenvalue weighted by atomic mass is 9.96. The number of carbonyl (C=O) groups is 3. The molecule has 0 saturated carbocycles. The van der Waals surface area contributed by atoms with E-state index in [2.05, 4.69) is 20.8 Å². The first kappa shape index (κ1) is 74.9. The Morgan fingerprint density at radius 3 is 0.778 bits per heavy atom. The van der Waals surface area contributed by atoms with Crippen LogP contribution in [0, 0.1) is 17.8 Å². The third-order valence-electron chi connectivity index (χ3n) is 11.3. The number of hydrogen-bond donors (Lipinski definition) is 0. The van der Waals surface area contributed by atoms with E-state index in [0.717, 1.165) is 19.3 Å². The van der Waals surface area contributed by atoms with Gasteiger partial charge in [0.1, 0.15) is 17.3 Å². The van der Waals surface area contributed by atoms with E-state index >= 15 is 0 Å². The summed E-state index contributed by atoms with van der Waals surface area (Å²) < 4.78 is 54.8. The van der Waals surface area contributed by atoms with Gasteiger partial charge in [0.05, 0.1) is 110 Å². The fraction of sp³-hybridized carbons (Fsp3) is 0.950. The first-order valence-corrected chi connectivity index (χ1v) is 28.6. The summed E-state index contributed by atoms with van der Waals surface area (Å²) in [5.74, 6) is 1.05. The number of rotatable bonds is 39. The SMILES string of the molecule is CC(C)OC(C)C(CC(OC(C)C)C(CCC(=O)C(C)C)OC(C)C)OC(C)C.CC(C)OC(C)CC(OC(C)C)C(CCC(=O)C(C)C)OC(C)C.CCC(OC(C)C)C(CCC(=O)C(C)C)OC(C)C. The molecule has 0 saturated heterocycles. The van der Waals surface area contributed by atoms with Crippen molar-refractivity contribution in [2.24, 2.45) is 17.8 Å². The molecule has 9 unspecified atom stereocenters. The Morgan fingerprint density at radius 1 is 0.278 bits per heavy atom. The molecule has 0 rings (SSSR count). The lowest BCUT2D eigenvalue weighted by molar-refractivity contribution is -0.158. The Hall–Kier alpha value is -1.35. The van der Waals surface area contributed by atoms with Gasteiger partial charge in [-0.15, -0.1) is 0 Å². The third-order valence-corrected chi connectivity index (χ3v) is 11.3. The molecule has 432 valence electrons. The van der Waals surface area contributed by atoms with E-state index in [9.17, 15) is 14.4 Å². The molecule has 0 heterocycles. The van der Waals surface area contributed by atoms with E-state index in [1.165, 1.54) is 0 Å². The van der Waals surface area contributed by atoms with Crippen molar-refractivity contribution in [3.05, 3.63) is 0 Å². The highest BCUT2D eigenvalue weighted by molar-refractivity contribution is 5.81. The molecule has 0 fully saturated rings. The summed E-state index contributed by atoms with van der Waals surface area (Å²) in [6.45, 7) is 54.5. The molecule has 0 aromatic heterocycles. The molecular weight excluding hydrogens is 913 g/mol. The highest BCUT2D eigenvalue weighted by atomic mass is 16.6. The number of ketones is 3. The number of ether oxygens (including phenoxy) is 9. The summed E-state index contributed by atoms with van der Waals surface area (Å²) in [5, 5.41) is 0. The first-order chi connectivity index (χ1) is 33.1. The Kier molecular flexibility index (Phi) is 43.4. The molecule has 0 aromatic rings. The summed E-state index contributed by atoms with van der Waals surface area (Å²) >= 11 is 0. The molecular formula is C60H120O12. The van der Waals surface area contributed by atoms with E-state index in [1.807, 2.05) is 166 Å². The van der Waals surface area contributed by atoms with E-state index in [0.29, 0.717) is 44.3 Å². The van der Waals surface area contributed by atoms with Crippen LogP contribution < -0.4 is 0 Å². The average molecular weight is 1030 g/mol. The number of carbonyl (C=O) groups excluding carboxylic acids is 3. The summed E-state index contributed by atoms with van der Waals surface area (Å²) in [7, 11) is 0. The quantitative estimate of drug-likeness (QED) is 0.0580. The molecule has 0 bridgehead atoms. The molecule has 0 aliphatic heterocycles. The van der Waals surface area contributed by atoms with Crippen LogP contribution in [0.2, 0.25) is 0 Å². The zero-order valence-electron chi connectivity index (χ0n) is 51.9. The minimum atomic E-state index is -0.167. The van der Waals surface area contributed by atoms with Crippen LogP contribution >= 0.6 is 0 Å². The number of Topliss-reactive ketones (excluding diaryl/α,β-unsaturated/α-hetero) is 3. The molecule has 0 aliphatic carbocycles. The van der Waals surface area contributed by atoms with Crippen LogP contribution in [0.15, 0.2) is 0 Å². The molecule has 0 spiro atoms. The zero-order chi connectivity index (χ0) is 56.6. The molecule has 0 N–H and O–H groups in total. The van der Waals surface area contributed by atoms with Crippen molar-refractivity contribution in [1.82, 2.24) is 0 Å². The molecule has 0 amide bonds. The molecule has 12 heteroatoms. The van der Waals surface area contributed by atoms with Gasteiger partial charge in [0.2, 0.25) is 0 Å². The second-order valence-corrected chi connectivity index (χ2v) is 23.3. The molecule has 0 radical (unpaired) electrons. The van der Waals surface area contributed by atoms with Crippen LogP contribution in [0.25, 0.3) is 0 Å². The fourth-order valence-electron chi connectivity index (χ4n) is 8.18. The van der Waals surface area contributed by atoms with Crippen molar-refractivity contribution in [2.45, 2.75) is 355 Å². The smallest absolute Gasteiger partial charge is 0.135 e. The van der Waals surface area contributed by atoms with Gasteiger partial charge in [0.15, 0.2) is 0 Å². The Bertz CT molecular complexity index is 1320. The lowest BCUT2D eigenvalue weighted by Gasteiger charge is -2.35. The van der Waals surface area contributed by atoms with Crippen LogP contribution in [0.3, 0.4) is 0 Å². The van der Waals surface area contributed by atoms with Crippen LogP contribution in [0.1, 0.15) is 245 Å². The van der Waals surface area contributed by atoms with Crippen molar-refractivity contribution in [3.63, 3.8) is 0 Å². The average Bonchev–Trinajstić information content (AvgIpc) is 3.22. The van der Waals surface area contributed by atoms with Crippen LogP contribution in [0.5, 0.6) is 0 Å². The van der Waals surface area contributed by atoms with Crippen molar-refractivity contribution in [1.29, 1.82) is 0 Å². The molecule has 72 heavy (non-hydrogen) atoms. The summed E-state index contributed by atoms with van der Waals surface area (Å²) in [4.78, 5) is 36.0. The summed E-state index contributed by atoms with van der Waals surface area (Å²) in [6, 6.07) is 0. The van der Waals surface area contributed by atoms with Gasteiger partial charge in [0.25, 0.3) is 0 Å². The molecule has 0 aliphatic rings. The van der Waals surface area contributed by atoms with Crippen LogP contribution in [0.4, 0.5) is 0 Å². The Balaban J connectivity index is -0.00000101. The largest absolute Gasteiger partial charge is 0.376 e. The van der Waals surface area contributed by atoms with Crippen molar-refractivity contribution >= 4 is 17.3 Å². The maximum Gasteiger partial charge on any atom is 0.135 e. The maximum absolute atomic E-state index is 12.2. The Labute approximate surface area is 445 Å². The first-order valence-electron chi connectivity index (χ1n) is 28.6. The van der Waals surface area contributed by atoms with Crippen molar-refractivity contribution in [3.8, 4) is 0 Å². The summed E-state index contributed by atoms with van der Waals surface area (Å²) in [5.41, 5.74) is 0. The monoisotopic (exact) mass is 1030 g/mol. The van der Waals surface area contributed by atoms with Crippen molar-refractivity contribution < 1.29 is 57.0 Å². The van der Waals surface area contributed by atoms with Gasteiger partial charge in [-0.2, -0.15) is 0 Å². The highest BCUT2D eigenvalue weighted by Gasteiger charge is 2.33. The van der Waals surface area contributed by atoms with E-state index in [-0.39, 0.29) is 139 Å². The van der Waals surface area contributed by atoms with E-state index < -0.39 is 0 Å². The van der Waals surface area contributed by atoms with E-state index in [1.54, 1.807) is 0 Å². The zero-order valence-corrected chi connectivity index (χ0v) is 51.9. The molecule has 9 atom stereocenters. The molecule has 12 nitrogen and oxygen atoms in total. The minimum absolute atomic E-state index is 0.00935. The summed E-state index contributed by atoms with van der Waals surface area (Å²) in [6.07, 6.45) is 6.62. The van der Waals surface area contributed by atoms with Crippen LogP contribution in [-0.2, 0) is 57.0 Å². The van der Waals surface area contributed by atoms with Gasteiger partial charge in [-0.1, -0.05) is 48.5 Å². The van der Waals surface area contributed by atoms with Gasteiger partial charge >= 0.3 is 0 Å². The van der Waals surface area contributed by atoms with Crippen molar-refractivity contribution in [2.75, 3.05) is 0 Å². The van der Waals surface area contributed by atoms with Gasteiger partial charge in [-0.3, -0.25) is 14.4 Å². The normalized spacial score (nSPS) is 16.2. The lowest BCUT2D eigenvalue weighted by Crippen LogP contribution is -2.43. The van der Waals surface area contributed by atoms with E-state index in [4.69, 9.17) is 42.6 Å². The maximum atomic E-state index is 12.2. The highest BCUT2D eigenvalue weighted by Crippen LogP contribution is 2.26. The fourth-order valence-corrected chi connectivity index (χ4v) is 8.18. The van der Waals surface area contributed by atoms with Gasteiger partial charge in [-0.25, -0.2) is 0 Å². The standard InChI is InChI=1S/C24H48O5.C20H40O4.C16H32O3/c1-15(2)21(25)12-13-22(27-17(5)6)24(29-19(9)10)14-23(28-18(7)8)20(11)26-16(3)4;1-13(2)18(21)10-11-19(23-15(5)6)20(24-16(7)8)12-17(9)22-14(3)4;1-8-15(18-12(4)5)16(19-13(6)7)10-9-14(17)11(2)3/h15-20,22-24H,12-14H2,1-11H3;13-17,19-20H,10-12H2,1-9H3;11-13,15-16H,8-10H2,1-7H3. The number of hydrogen-bond acceptors (Lipinski definition) is 12. The predicted octanol–water partition coefficient (Wildman–Crippen LogP) is 14.3. The second-order valence-electron chi connectivity index (χ2n) is 23.3. The minimum Gasteiger partial charge on any atom is -0.376 e. The van der Waals surface area contributed by atoms with Crippen LogP contribution in [-0.4, -0.2) is 127 Å². The van der Waals surface area contributed by atoms with Gasteiger partial charge in [0, 0.05) is 49.9 Å². The third kappa shape index (κ3) is 40.9. The topological polar surface area (TPSA) is 134 Å². The molecule has 0 aromatic carbocycles. The van der Waals surface area contributed by atoms with Gasteiger partial charge in [-0.05, 0) is 164 Å². The second kappa shape index (κ2) is 41.8.